The highest BCUT2D eigenvalue weighted by Crippen LogP contribution is 2.20. The molecule has 0 saturated heterocycles. The van der Waals surface area contributed by atoms with Crippen LogP contribution >= 0.6 is 31.9 Å². The molecule has 0 unspecified atom stereocenters. The second kappa shape index (κ2) is 4.11. The molecule has 0 bridgehead atoms. The first kappa shape index (κ1) is 8.19. The number of nitrogens with zero attached hydrogens (tertiary/aromatic N) is 1. The molecular weight excluding hydrogens is 234 g/mol. The van der Waals surface area contributed by atoms with E-state index in [0.29, 0.717) is 0 Å². The second-order valence-electron chi connectivity index (χ2n) is 1.20. The van der Waals surface area contributed by atoms with Crippen LogP contribution in [0.3, 0.4) is 0 Å². The van der Waals surface area contributed by atoms with Crippen LogP contribution in [0.4, 0.5) is 0 Å². The van der Waals surface area contributed by atoms with Gasteiger partial charge in [0.25, 0.3) is 0 Å². The van der Waals surface area contributed by atoms with Crippen LogP contribution in [0.5, 0.6) is 0 Å². The maximum atomic E-state index is 8.33. The van der Waals surface area contributed by atoms with Gasteiger partial charge in [-0.05, 0) is 38.3 Å². The van der Waals surface area contributed by atoms with Gasteiger partial charge in [-0.15, -0.1) is 0 Å². The fraction of sp³-hybridized carbons (Fsp3) is 0.400. The summed E-state index contributed by atoms with van der Waals surface area (Å²) in [5, 5.41) is 8.33. The van der Waals surface area contributed by atoms with Crippen molar-refractivity contribution in [3.8, 4) is 6.07 Å². The summed E-state index contributed by atoms with van der Waals surface area (Å²) in [7, 11) is 0. The van der Waals surface area contributed by atoms with E-state index in [2.05, 4.69) is 31.9 Å². The molecule has 0 N–H and O–H groups in total. The standard InChI is InChI=1S/C5H5Br2N/c1-2-4(3-8)5(6)7/h2H2,1H3. The maximum absolute atomic E-state index is 8.33. The molecule has 1 nitrogen and oxygen atoms in total. The van der Waals surface area contributed by atoms with Gasteiger partial charge in [0.05, 0.1) is 15.0 Å². The molecule has 0 aromatic heterocycles. The molecule has 0 amide bonds. The number of halogens is 2. The molecule has 0 aromatic carbocycles. The van der Waals surface area contributed by atoms with E-state index in [1.165, 1.54) is 0 Å². The minimum Gasteiger partial charge on any atom is -0.193 e. The summed E-state index contributed by atoms with van der Waals surface area (Å²) < 4.78 is 0.759. The average molecular weight is 239 g/mol. The predicted octanol–water partition coefficient (Wildman–Crippen LogP) is 2.92. The summed E-state index contributed by atoms with van der Waals surface area (Å²) in [5.74, 6) is 0. The van der Waals surface area contributed by atoms with E-state index >= 15 is 0 Å². The van der Waals surface area contributed by atoms with E-state index in [1.54, 1.807) is 0 Å². The van der Waals surface area contributed by atoms with Gasteiger partial charge in [0.1, 0.15) is 0 Å². The van der Waals surface area contributed by atoms with E-state index in [-0.39, 0.29) is 0 Å². The number of hydrogen-bond donors (Lipinski definition) is 0. The summed E-state index contributed by atoms with van der Waals surface area (Å²) >= 11 is 6.27. The second-order valence-corrected chi connectivity index (χ2v) is 3.85. The van der Waals surface area contributed by atoms with Crippen LogP contribution in [0.2, 0.25) is 0 Å². The van der Waals surface area contributed by atoms with E-state index in [4.69, 9.17) is 5.26 Å². The lowest BCUT2D eigenvalue weighted by Gasteiger charge is -1.87. The van der Waals surface area contributed by atoms with E-state index in [0.717, 1.165) is 15.4 Å². The van der Waals surface area contributed by atoms with Crippen molar-refractivity contribution in [1.29, 1.82) is 5.26 Å². The van der Waals surface area contributed by atoms with Gasteiger partial charge < -0.3 is 0 Å². The number of hydrogen-bond acceptors (Lipinski definition) is 1. The zero-order valence-corrected chi connectivity index (χ0v) is 7.58. The van der Waals surface area contributed by atoms with Gasteiger partial charge in [0.2, 0.25) is 0 Å². The summed E-state index contributed by atoms with van der Waals surface area (Å²) in [6.07, 6.45) is 0.766. The third-order valence-electron chi connectivity index (χ3n) is 0.717. The van der Waals surface area contributed by atoms with E-state index < -0.39 is 0 Å². The smallest absolute Gasteiger partial charge is 0.0964 e. The summed E-state index contributed by atoms with van der Waals surface area (Å²) in [5.41, 5.74) is 0.741. The predicted molar refractivity (Wildman–Crippen MR) is 40.8 cm³/mol. The van der Waals surface area contributed by atoms with Gasteiger partial charge in [-0.25, -0.2) is 0 Å². The van der Waals surface area contributed by atoms with Crippen molar-refractivity contribution >= 4 is 31.9 Å². The van der Waals surface area contributed by atoms with Crippen LogP contribution in [0.25, 0.3) is 0 Å². The Morgan fingerprint density at radius 2 is 2.12 bits per heavy atom. The fourth-order valence-corrected chi connectivity index (χ4v) is 0.993. The van der Waals surface area contributed by atoms with Gasteiger partial charge in [-0.2, -0.15) is 5.26 Å². The van der Waals surface area contributed by atoms with Crippen LogP contribution in [0.1, 0.15) is 13.3 Å². The quantitative estimate of drug-likeness (QED) is 0.645. The van der Waals surface area contributed by atoms with Crippen LogP contribution in [0, 0.1) is 11.3 Å². The normalized spacial score (nSPS) is 7.75. The van der Waals surface area contributed by atoms with Crippen molar-refractivity contribution in [2.24, 2.45) is 0 Å². The highest BCUT2D eigenvalue weighted by Gasteiger charge is 1.93. The monoisotopic (exact) mass is 237 g/mol. The molecule has 0 saturated carbocycles. The summed E-state index contributed by atoms with van der Waals surface area (Å²) in [4.78, 5) is 0. The molecule has 0 aliphatic carbocycles. The van der Waals surface area contributed by atoms with Crippen LogP contribution < -0.4 is 0 Å². The molecule has 0 radical (unpaired) electrons. The van der Waals surface area contributed by atoms with Gasteiger partial charge in [-0.1, -0.05) is 6.92 Å². The SMILES string of the molecule is CCC(C#N)=C(Br)Br. The Balaban J connectivity index is 4.15. The molecule has 0 spiro atoms. The lowest BCUT2D eigenvalue weighted by Crippen LogP contribution is -1.71. The molecule has 0 rings (SSSR count). The third kappa shape index (κ3) is 2.49. The molecule has 0 aliphatic heterocycles. The Hall–Kier alpha value is 0.190. The van der Waals surface area contributed by atoms with Crippen molar-refractivity contribution in [2.45, 2.75) is 13.3 Å². The highest BCUT2D eigenvalue weighted by atomic mass is 79.9. The Morgan fingerprint density at radius 3 is 2.12 bits per heavy atom. The number of allylic oxidation sites excluding steroid dienone is 1. The molecule has 0 atom stereocenters. The van der Waals surface area contributed by atoms with Crippen LogP contribution in [0.15, 0.2) is 8.96 Å². The number of nitriles is 1. The summed E-state index contributed by atoms with van der Waals surface area (Å²) in [6.45, 7) is 1.93. The maximum Gasteiger partial charge on any atom is 0.0964 e. The third-order valence-corrected chi connectivity index (χ3v) is 1.67. The minimum atomic E-state index is 0.741. The van der Waals surface area contributed by atoms with E-state index in [9.17, 15) is 0 Å². The van der Waals surface area contributed by atoms with Gasteiger partial charge >= 0.3 is 0 Å². The largest absolute Gasteiger partial charge is 0.193 e. The summed E-state index contributed by atoms with van der Waals surface area (Å²) in [6, 6.07) is 2.04. The van der Waals surface area contributed by atoms with Crippen LogP contribution in [-0.2, 0) is 0 Å². The molecule has 3 heteroatoms. The van der Waals surface area contributed by atoms with E-state index in [1.807, 2.05) is 13.0 Å². The molecule has 0 heterocycles. The Bertz CT molecular complexity index is 139. The molecule has 8 heavy (non-hydrogen) atoms. The van der Waals surface area contributed by atoms with Gasteiger partial charge in [0.15, 0.2) is 0 Å². The zero-order chi connectivity index (χ0) is 6.57. The van der Waals surface area contributed by atoms with Gasteiger partial charge in [-0.3, -0.25) is 0 Å². The Kier molecular flexibility index (Phi) is 4.20. The first-order valence-electron chi connectivity index (χ1n) is 2.16. The van der Waals surface area contributed by atoms with Crippen LogP contribution in [-0.4, -0.2) is 0 Å². The Morgan fingerprint density at radius 1 is 1.62 bits per heavy atom. The first-order valence-corrected chi connectivity index (χ1v) is 3.75. The fourth-order valence-electron chi connectivity index (χ4n) is 0.255. The van der Waals surface area contributed by atoms with Crippen molar-refractivity contribution < 1.29 is 0 Å². The van der Waals surface area contributed by atoms with Crippen molar-refractivity contribution in [3.05, 3.63) is 8.96 Å². The highest BCUT2D eigenvalue weighted by molar-refractivity contribution is 9.28. The van der Waals surface area contributed by atoms with Crippen molar-refractivity contribution in [3.63, 3.8) is 0 Å². The Labute approximate surface area is 65.6 Å². The lowest BCUT2D eigenvalue weighted by atomic mass is 10.3. The molecule has 0 aliphatic rings. The van der Waals surface area contributed by atoms with Crippen molar-refractivity contribution in [1.82, 2.24) is 0 Å². The minimum absolute atomic E-state index is 0.741. The topological polar surface area (TPSA) is 23.8 Å². The number of rotatable bonds is 1. The average Bonchev–Trinajstić information content (AvgIpc) is 1.69. The lowest BCUT2D eigenvalue weighted by molar-refractivity contribution is 1.16. The van der Waals surface area contributed by atoms with Gasteiger partial charge in [0, 0.05) is 0 Å². The molecular formula is C5H5Br2N. The molecule has 44 valence electrons. The first-order chi connectivity index (χ1) is 3.72. The molecule has 0 fully saturated rings. The molecule has 0 aromatic rings. The van der Waals surface area contributed by atoms with Crippen molar-refractivity contribution in [2.75, 3.05) is 0 Å². The zero-order valence-electron chi connectivity index (χ0n) is 4.41.